The summed E-state index contributed by atoms with van der Waals surface area (Å²) in [4.78, 5) is 39.1. The molecule has 1 aliphatic carbocycles. The van der Waals surface area contributed by atoms with Crippen LogP contribution in [0.4, 0.5) is 4.79 Å². The van der Waals surface area contributed by atoms with Crippen LogP contribution in [0.15, 0.2) is 78.9 Å². The Morgan fingerprint density at radius 1 is 0.811 bits per heavy atom. The molecule has 4 rings (SSSR count). The summed E-state index contributed by atoms with van der Waals surface area (Å²) in [6, 6.07) is 23.1. The van der Waals surface area contributed by atoms with E-state index in [1.807, 2.05) is 92.7 Å². The molecule has 37 heavy (non-hydrogen) atoms. The Morgan fingerprint density at radius 3 is 1.95 bits per heavy atom. The molecule has 0 heterocycles. The first kappa shape index (κ1) is 25.9. The highest BCUT2D eigenvalue weighted by atomic mass is 16.5. The molecular formula is C30H32N2O5. The molecule has 0 radical (unpaired) electrons. The first-order chi connectivity index (χ1) is 17.9. The van der Waals surface area contributed by atoms with Gasteiger partial charge < -0.3 is 20.1 Å². The zero-order valence-corrected chi connectivity index (χ0v) is 21.3. The first-order valence-electron chi connectivity index (χ1n) is 12.4. The van der Waals surface area contributed by atoms with E-state index in [9.17, 15) is 14.4 Å². The molecule has 1 aliphatic rings. The van der Waals surface area contributed by atoms with Crippen molar-refractivity contribution in [2.24, 2.45) is 5.92 Å². The van der Waals surface area contributed by atoms with Crippen molar-refractivity contribution in [3.8, 4) is 11.1 Å². The number of nitrogens with one attached hydrogen (secondary N) is 2. The molecule has 0 spiro atoms. The van der Waals surface area contributed by atoms with Crippen LogP contribution in [0.5, 0.6) is 0 Å². The van der Waals surface area contributed by atoms with Gasteiger partial charge in [0.2, 0.25) is 5.91 Å². The Hall–Kier alpha value is -4.13. The summed E-state index contributed by atoms with van der Waals surface area (Å²) in [6.45, 7) is 4.00. The number of hydrogen-bond acceptors (Lipinski definition) is 5. The van der Waals surface area contributed by atoms with E-state index in [4.69, 9.17) is 9.47 Å². The predicted molar refractivity (Wildman–Crippen MR) is 141 cm³/mol. The second-order valence-corrected chi connectivity index (χ2v) is 9.55. The number of amides is 2. The number of esters is 1. The van der Waals surface area contributed by atoms with E-state index < -0.39 is 36.0 Å². The second-order valence-electron chi connectivity index (χ2n) is 9.55. The zero-order valence-electron chi connectivity index (χ0n) is 21.3. The fraction of sp³-hybridized carbons (Fsp3) is 0.300. The predicted octanol–water partition coefficient (Wildman–Crippen LogP) is 4.80. The van der Waals surface area contributed by atoms with E-state index in [-0.39, 0.29) is 12.5 Å². The third kappa shape index (κ3) is 6.00. The number of carbonyl (C=O) groups is 3. The Kier molecular flexibility index (Phi) is 8.23. The Morgan fingerprint density at radius 2 is 1.38 bits per heavy atom. The van der Waals surface area contributed by atoms with Crippen LogP contribution in [0.1, 0.15) is 42.9 Å². The number of fused-ring (bicyclic) bond motifs is 3. The number of ether oxygens (including phenoxy) is 2. The van der Waals surface area contributed by atoms with Crippen LogP contribution in [-0.2, 0) is 25.7 Å². The maximum atomic E-state index is 13.5. The largest absolute Gasteiger partial charge is 0.467 e. The van der Waals surface area contributed by atoms with Gasteiger partial charge in [0, 0.05) is 5.92 Å². The van der Waals surface area contributed by atoms with Gasteiger partial charge in [-0.1, -0.05) is 92.7 Å². The van der Waals surface area contributed by atoms with Gasteiger partial charge in [0.15, 0.2) is 0 Å². The van der Waals surface area contributed by atoms with Gasteiger partial charge in [0.05, 0.1) is 7.11 Å². The van der Waals surface area contributed by atoms with Crippen molar-refractivity contribution in [3.63, 3.8) is 0 Å². The third-order valence-electron chi connectivity index (χ3n) is 6.50. The van der Waals surface area contributed by atoms with Crippen LogP contribution < -0.4 is 10.6 Å². The first-order valence-corrected chi connectivity index (χ1v) is 12.4. The molecule has 7 nitrogen and oxygen atoms in total. The lowest BCUT2D eigenvalue weighted by atomic mass is 9.89. The van der Waals surface area contributed by atoms with Gasteiger partial charge in [0.25, 0.3) is 0 Å². The molecule has 2 N–H and O–H groups in total. The minimum atomic E-state index is -0.973. The molecule has 192 valence electrons. The second kappa shape index (κ2) is 11.7. The van der Waals surface area contributed by atoms with Crippen molar-refractivity contribution < 1.29 is 23.9 Å². The van der Waals surface area contributed by atoms with E-state index >= 15 is 0 Å². The van der Waals surface area contributed by atoms with Gasteiger partial charge in [0.1, 0.15) is 18.7 Å². The maximum absolute atomic E-state index is 13.5. The highest BCUT2D eigenvalue weighted by Crippen LogP contribution is 2.46. The van der Waals surface area contributed by atoms with Crippen molar-refractivity contribution in [1.29, 1.82) is 0 Å². The van der Waals surface area contributed by atoms with Crippen molar-refractivity contribution in [1.82, 2.24) is 10.6 Å². The van der Waals surface area contributed by atoms with Crippen molar-refractivity contribution in [2.45, 2.75) is 44.9 Å². The third-order valence-corrected chi connectivity index (χ3v) is 6.50. The summed E-state index contributed by atoms with van der Waals surface area (Å²) >= 11 is 0. The number of hydrogen-bond donors (Lipinski definition) is 2. The molecule has 0 fully saturated rings. The monoisotopic (exact) mass is 500 g/mol. The highest BCUT2D eigenvalue weighted by molar-refractivity contribution is 5.92. The molecule has 3 aromatic rings. The van der Waals surface area contributed by atoms with Gasteiger partial charge in [-0.3, -0.25) is 4.79 Å². The quantitative estimate of drug-likeness (QED) is 0.412. The number of carbonyl (C=O) groups excluding carboxylic acids is 3. The fourth-order valence-corrected chi connectivity index (χ4v) is 4.82. The topological polar surface area (TPSA) is 93.7 Å². The molecule has 0 saturated carbocycles. The molecule has 0 saturated heterocycles. The molecular weight excluding hydrogens is 468 g/mol. The lowest BCUT2D eigenvalue weighted by Gasteiger charge is -2.27. The number of benzene rings is 3. The van der Waals surface area contributed by atoms with Crippen LogP contribution in [0.3, 0.4) is 0 Å². The smallest absolute Gasteiger partial charge is 0.408 e. The number of alkyl carbamates (subject to hydrolysis) is 1. The van der Waals surface area contributed by atoms with Crippen LogP contribution in [0.2, 0.25) is 0 Å². The molecule has 0 aliphatic heterocycles. The molecule has 2 amide bonds. The zero-order chi connectivity index (χ0) is 26.4. The normalized spacial score (nSPS) is 13.7. The van der Waals surface area contributed by atoms with Crippen molar-refractivity contribution >= 4 is 18.0 Å². The SMILES string of the molecule is COC(=O)[C@H](NC(=O)[C@H](CC(C)C)NC(=O)OCc1ccccc1)C1c2ccccc2-c2ccccc21. The van der Waals surface area contributed by atoms with Crippen LogP contribution in [0, 0.1) is 5.92 Å². The molecule has 7 heteroatoms. The van der Waals surface area contributed by atoms with E-state index in [2.05, 4.69) is 10.6 Å². The summed E-state index contributed by atoms with van der Waals surface area (Å²) in [6.07, 6.45) is -0.325. The number of methoxy groups -OCH3 is 1. The lowest BCUT2D eigenvalue weighted by molar-refractivity contribution is -0.145. The summed E-state index contributed by atoms with van der Waals surface area (Å²) in [5, 5.41) is 5.58. The van der Waals surface area contributed by atoms with E-state index in [1.54, 1.807) is 0 Å². The van der Waals surface area contributed by atoms with E-state index in [1.165, 1.54) is 7.11 Å². The maximum Gasteiger partial charge on any atom is 0.408 e. The van der Waals surface area contributed by atoms with Crippen molar-refractivity contribution in [3.05, 3.63) is 95.6 Å². The Bertz CT molecular complexity index is 1210. The number of rotatable bonds is 9. The molecule has 0 aromatic heterocycles. The van der Waals surface area contributed by atoms with Gasteiger partial charge in [-0.25, -0.2) is 9.59 Å². The summed E-state index contributed by atoms with van der Waals surface area (Å²) in [5.41, 5.74) is 4.76. The Labute approximate surface area is 217 Å². The van der Waals surface area contributed by atoms with Crippen molar-refractivity contribution in [2.75, 3.05) is 7.11 Å². The molecule has 0 unspecified atom stereocenters. The standard InChI is InChI=1S/C30H32N2O5/c1-19(2)17-25(31-30(35)37-18-20-11-5-4-6-12-20)28(33)32-27(29(34)36-3)26-23-15-9-7-13-21(23)22-14-8-10-16-24(22)26/h4-16,19,25-27H,17-18H2,1-3H3,(H,31,35)(H,32,33)/t25-,27+/m0/s1. The molecule has 0 bridgehead atoms. The average Bonchev–Trinajstić information content (AvgIpc) is 3.24. The molecule has 2 atom stereocenters. The summed E-state index contributed by atoms with van der Waals surface area (Å²) in [5.74, 6) is -1.34. The lowest BCUT2D eigenvalue weighted by Crippen LogP contribution is -2.54. The van der Waals surface area contributed by atoms with Crippen LogP contribution in [-0.4, -0.2) is 37.2 Å². The minimum absolute atomic E-state index is 0.0864. The summed E-state index contributed by atoms with van der Waals surface area (Å²) < 4.78 is 10.5. The average molecular weight is 501 g/mol. The van der Waals surface area contributed by atoms with Gasteiger partial charge >= 0.3 is 12.1 Å². The van der Waals surface area contributed by atoms with Gasteiger partial charge in [-0.15, -0.1) is 0 Å². The van der Waals surface area contributed by atoms with Gasteiger partial charge in [-0.05, 0) is 40.2 Å². The highest BCUT2D eigenvalue weighted by Gasteiger charge is 2.40. The summed E-state index contributed by atoms with van der Waals surface area (Å²) in [7, 11) is 1.30. The van der Waals surface area contributed by atoms with Crippen LogP contribution >= 0.6 is 0 Å². The molecule has 3 aromatic carbocycles. The minimum Gasteiger partial charge on any atom is -0.467 e. The van der Waals surface area contributed by atoms with Gasteiger partial charge in [-0.2, -0.15) is 0 Å². The fourth-order valence-electron chi connectivity index (χ4n) is 4.82. The van der Waals surface area contributed by atoms with E-state index in [0.717, 1.165) is 27.8 Å². The van der Waals surface area contributed by atoms with Crippen LogP contribution in [0.25, 0.3) is 11.1 Å². The Balaban J connectivity index is 1.55. The van der Waals surface area contributed by atoms with E-state index in [0.29, 0.717) is 6.42 Å².